The minimum Gasteiger partial charge on any atom is -0.299 e. The Morgan fingerprint density at radius 1 is 0.765 bits per heavy atom. The van der Waals surface area contributed by atoms with Crippen molar-refractivity contribution in [2.45, 2.75) is 6.42 Å². The molecular weight excluding hydrogens is 255 g/mol. The topological polar surface area (TPSA) is 24.1 Å². The second-order valence-electron chi connectivity index (χ2n) is 3.77. The molecule has 0 unspecified atom stereocenters. The molecule has 0 atom stereocenters. The van der Waals surface area contributed by atoms with Gasteiger partial charge in [-0.2, -0.15) is 0 Å². The van der Waals surface area contributed by atoms with E-state index in [4.69, 9.17) is 23.6 Å². The molecule has 0 amide bonds. The van der Waals surface area contributed by atoms with Crippen molar-refractivity contribution in [1.29, 1.82) is 0 Å². The van der Waals surface area contributed by atoms with Crippen molar-refractivity contribution in [3.63, 3.8) is 0 Å². The number of anilines is 2. The Morgan fingerprint density at radius 2 is 1.24 bits per heavy atom. The molecule has 2 N–H and O–H groups in total. The van der Waals surface area contributed by atoms with Gasteiger partial charge < -0.3 is 0 Å². The third-order valence-electron chi connectivity index (χ3n) is 2.48. The lowest BCUT2D eigenvalue weighted by molar-refractivity contribution is 1.20. The Bertz CT molecular complexity index is 455. The van der Waals surface area contributed by atoms with E-state index >= 15 is 0 Å². The summed E-state index contributed by atoms with van der Waals surface area (Å²) in [5, 5.41) is 0. The molecule has 0 saturated heterocycles. The van der Waals surface area contributed by atoms with Crippen LogP contribution in [0.2, 0.25) is 0 Å². The smallest absolute Gasteiger partial charge is 0.0494 e. The maximum absolute atomic E-state index is 5.57. The molecule has 88 valence electrons. The van der Waals surface area contributed by atoms with Gasteiger partial charge in [0.05, 0.1) is 0 Å². The number of rotatable bonds is 4. The number of halogens is 2. The van der Waals surface area contributed by atoms with Crippen LogP contribution in [0.3, 0.4) is 0 Å². The summed E-state index contributed by atoms with van der Waals surface area (Å²) >= 11 is 11.1. The average molecular weight is 267 g/mol. The molecule has 2 nitrogen and oxygen atoms in total. The van der Waals surface area contributed by atoms with Gasteiger partial charge in [-0.15, -0.1) is 0 Å². The van der Waals surface area contributed by atoms with Crippen molar-refractivity contribution < 1.29 is 0 Å². The maximum atomic E-state index is 5.57. The van der Waals surface area contributed by atoms with E-state index in [1.165, 1.54) is 11.1 Å². The van der Waals surface area contributed by atoms with Gasteiger partial charge in [0, 0.05) is 34.9 Å². The third-order valence-corrected chi connectivity index (χ3v) is 2.92. The number of benzene rings is 2. The average Bonchev–Trinajstić information content (AvgIpc) is 2.39. The summed E-state index contributed by atoms with van der Waals surface area (Å²) in [6.07, 6.45) is 0.846. The first-order chi connectivity index (χ1) is 8.31. The largest absolute Gasteiger partial charge is 0.299 e. The second-order valence-corrected chi connectivity index (χ2v) is 4.14. The van der Waals surface area contributed by atoms with E-state index in [2.05, 4.69) is 21.8 Å². The van der Waals surface area contributed by atoms with Gasteiger partial charge in [0.15, 0.2) is 0 Å². The highest BCUT2D eigenvalue weighted by Gasteiger charge is 1.99. The first kappa shape index (κ1) is 12.1. The molecule has 2 rings (SSSR count). The van der Waals surface area contributed by atoms with Gasteiger partial charge in [0.2, 0.25) is 0 Å². The zero-order valence-electron chi connectivity index (χ0n) is 9.08. The van der Waals surface area contributed by atoms with E-state index in [-0.39, 0.29) is 0 Å². The number of hydrogen-bond acceptors (Lipinski definition) is 2. The quantitative estimate of drug-likeness (QED) is 0.802. The van der Waals surface area contributed by atoms with Gasteiger partial charge in [-0.05, 0) is 41.8 Å². The molecule has 0 spiro atoms. The molecule has 4 heteroatoms. The van der Waals surface area contributed by atoms with Gasteiger partial charge in [-0.3, -0.25) is 9.67 Å². The predicted molar refractivity (Wildman–Crippen MR) is 74.6 cm³/mol. The molecule has 0 aliphatic rings. The molecule has 0 fully saturated rings. The van der Waals surface area contributed by atoms with Crippen LogP contribution in [0.25, 0.3) is 0 Å². The molecule has 0 saturated carbocycles. The highest BCUT2D eigenvalue weighted by Crippen LogP contribution is 2.18. The SMILES string of the molecule is ClNc1cccc(Cc2cccc(NCl)c2)c1. The Kier molecular flexibility index (Phi) is 4.13. The first-order valence-corrected chi connectivity index (χ1v) is 5.98. The molecule has 2 aromatic carbocycles. The van der Waals surface area contributed by atoms with Crippen molar-refractivity contribution >= 4 is 34.9 Å². The highest BCUT2D eigenvalue weighted by atomic mass is 35.5. The summed E-state index contributed by atoms with van der Waals surface area (Å²) < 4.78 is 0. The van der Waals surface area contributed by atoms with Gasteiger partial charge in [-0.25, -0.2) is 0 Å². The van der Waals surface area contributed by atoms with Crippen molar-refractivity contribution in [2.24, 2.45) is 0 Å². The lowest BCUT2D eigenvalue weighted by Crippen LogP contribution is -1.90. The Balaban J connectivity index is 2.18. The van der Waals surface area contributed by atoms with Crippen molar-refractivity contribution in [2.75, 3.05) is 9.67 Å². The van der Waals surface area contributed by atoms with Crippen LogP contribution in [0, 0.1) is 0 Å². The van der Waals surface area contributed by atoms with Gasteiger partial charge in [0.1, 0.15) is 0 Å². The molecule has 0 heterocycles. The van der Waals surface area contributed by atoms with Crippen molar-refractivity contribution in [3.05, 3.63) is 59.7 Å². The van der Waals surface area contributed by atoms with Crippen LogP contribution in [0.4, 0.5) is 11.4 Å². The maximum Gasteiger partial charge on any atom is 0.0494 e. The van der Waals surface area contributed by atoms with Crippen LogP contribution in [0.5, 0.6) is 0 Å². The van der Waals surface area contributed by atoms with Crippen LogP contribution in [-0.2, 0) is 6.42 Å². The van der Waals surface area contributed by atoms with E-state index in [0.717, 1.165) is 17.8 Å². The summed E-state index contributed by atoms with van der Waals surface area (Å²) in [7, 11) is 0. The third kappa shape index (κ3) is 3.29. The van der Waals surface area contributed by atoms with E-state index < -0.39 is 0 Å². The summed E-state index contributed by atoms with van der Waals surface area (Å²) in [6.45, 7) is 0. The van der Waals surface area contributed by atoms with Crippen molar-refractivity contribution in [1.82, 2.24) is 0 Å². The summed E-state index contributed by atoms with van der Waals surface area (Å²) in [5.74, 6) is 0. The molecule has 17 heavy (non-hydrogen) atoms. The Morgan fingerprint density at radius 3 is 1.65 bits per heavy atom. The predicted octanol–water partition coefficient (Wildman–Crippen LogP) is 4.41. The van der Waals surface area contributed by atoms with E-state index in [9.17, 15) is 0 Å². The van der Waals surface area contributed by atoms with Crippen LogP contribution >= 0.6 is 23.6 Å². The van der Waals surface area contributed by atoms with Crippen LogP contribution < -0.4 is 9.67 Å². The fourth-order valence-corrected chi connectivity index (χ4v) is 1.95. The molecule has 2 aromatic rings. The normalized spacial score (nSPS) is 10.0. The summed E-state index contributed by atoms with van der Waals surface area (Å²) in [4.78, 5) is 5.23. The molecule has 0 aliphatic carbocycles. The van der Waals surface area contributed by atoms with Crippen LogP contribution in [0.15, 0.2) is 48.5 Å². The monoisotopic (exact) mass is 266 g/mol. The fraction of sp³-hybridized carbons (Fsp3) is 0.0769. The summed E-state index contributed by atoms with van der Waals surface area (Å²) in [5.41, 5.74) is 4.19. The van der Waals surface area contributed by atoms with Gasteiger partial charge in [0.25, 0.3) is 0 Å². The minimum atomic E-state index is 0.846. The second kappa shape index (κ2) is 5.80. The first-order valence-electron chi connectivity index (χ1n) is 5.23. The molecule has 0 aromatic heterocycles. The summed E-state index contributed by atoms with van der Waals surface area (Å²) in [6, 6.07) is 16.0. The van der Waals surface area contributed by atoms with Gasteiger partial charge in [-0.1, -0.05) is 24.3 Å². The van der Waals surface area contributed by atoms with E-state index in [1.807, 2.05) is 36.4 Å². The minimum absolute atomic E-state index is 0.846. The zero-order chi connectivity index (χ0) is 12.1. The van der Waals surface area contributed by atoms with E-state index in [1.54, 1.807) is 0 Å². The molecule has 0 radical (unpaired) electrons. The molecule has 0 bridgehead atoms. The lowest BCUT2D eigenvalue weighted by Gasteiger charge is -2.05. The number of hydrogen-bond donors (Lipinski definition) is 2. The van der Waals surface area contributed by atoms with Crippen molar-refractivity contribution in [3.8, 4) is 0 Å². The van der Waals surface area contributed by atoms with Crippen LogP contribution in [-0.4, -0.2) is 0 Å². The zero-order valence-corrected chi connectivity index (χ0v) is 10.6. The number of nitrogens with one attached hydrogen (secondary N) is 2. The Hall–Kier alpha value is -1.38. The van der Waals surface area contributed by atoms with Crippen LogP contribution in [0.1, 0.15) is 11.1 Å². The molecule has 0 aliphatic heterocycles. The fourth-order valence-electron chi connectivity index (χ4n) is 1.72. The highest BCUT2D eigenvalue weighted by molar-refractivity contribution is 6.24. The Labute approximate surface area is 111 Å². The molecular formula is C13H12Cl2N2. The van der Waals surface area contributed by atoms with Gasteiger partial charge >= 0.3 is 0 Å². The lowest BCUT2D eigenvalue weighted by atomic mass is 10.0. The van der Waals surface area contributed by atoms with E-state index in [0.29, 0.717) is 0 Å². The standard InChI is InChI=1S/C13H12Cl2N2/c14-16-12-5-1-3-10(8-12)7-11-4-2-6-13(9-11)17-15/h1-6,8-9,16-17H,7H2.